The number of ether oxygens (including phenoxy) is 2. The van der Waals surface area contributed by atoms with E-state index in [-0.39, 0.29) is 12.3 Å². The third kappa shape index (κ3) is 5.56. The number of rotatable bonds is 10. The molecule has 1 aromatic rings. The molecule has 0 heterocycles. The van der Waals surface area contributed by atoms with E-state index >= 15 is 0 Å². The Labute approximate surface area is 162 Å². The van der Waals surface area contributed by atoms with Crippen molar-refractivity contribution in [3.05, 3.63) is 29.3 Å². The van der Waals surface area contributed by atoms with E-state index in [0.29, 0.717) is 17.6 Å². The maximum atomic E-state index is 13.5. The number of nitrogens with one attached hydrogen (secondary N) is 1. The second-order valence-corrected chi connectivity index (χ2v) is 9.65. The fourth-order valence-corrected chi connectivity index (χ4v) is 5.00. The van der Waals surface area contributed by atoms with Crippen molar-refractivity contribution >= 4 is 13.5 Å². The van der Waals surface area contributed by atoms with Gasteiger partial charge in [-0.25, -0.2) is 5.09 Å². The van der Waals surface area contributed by atoms with Crippen molar-refractivity contribution in [3.63, 3.8) is 0 Å². The first-order valence-corrected chi connectivity index (χ1v) is 11.3. The van der Waals surface area contributed by atoms with Crippen LogP contribution < -0.4 is 9.61 Å². The summed E-state index contributed by atoms with van der Waals surface area (Å²) < 4.78 is 29.5. The minimum atomic E-state index is -3.48. The Balaban J connectivity index is 2.40. The molecule has 7 heteroatoms. The largest absolute Gasteiger partial charge is 0.468 e. The van der Waals surface area contributed by atoms with Crippen molar-refractivity contribution in [2.45, 2.75) is 58.4 Å². The summed E-state index contributed by atoms with van der Waals surface area (Å²) in [5.41, 5.74) is 2.07. The van der Waals surface area contributed by atoms with Crippen molar-refractivity contribution in [2.75, 3.05) is 20.6 Å². The number of carbonyl (C=O) groups is 1. The fourth-order valence-electron chi connectivity index (χ4n) is 3.27. The number of hydrogen-bond acceptors (Lipinski definition) is 5. The van der Waals surface area contributed by atoms with E-state index in [1.54, 1.807) is 6.92 Å². The van der Waals surface area contributed by atoms with Crippen LogP contribution in [0.1, 0.15) is 63.5 Å². The molecule has 1 N–H and O–H groups in total. The standard InChI is InChI=1S/C20H32NO5P/c1-13(2)17-8-7-9-18(14(3)16-10-11-16)19(17)26-27(23,12-24-5)21-15(4)20(22)25-6/h7-9,13-16H,10-12H2,1-6H3,(H,21,23). The summed E-state index contributed by atoms with van der Waals surface area (Å²) in [6, 6.07) is 5.31. The van der Waals surface area contributed by atoms with Crippen LogP contribution in [0.2, 0.25) is 0 Å². The lowest BCUT2D eigenvalue weighted by molar-refractivity contribution is -0.142. The zero-order valence-electron chi connectivity index (χ0n) is 17.2. The molecule has 1 fully saturated rings. The van der Waals surface area contributed by atoms with Crippen LogP contribution in [0.15, 0.2) is 18.2 Å². The Kier molecular flexibility index (Phi) is 7.49. The van der Waals surface area contributed by atoms with Crippen molar-refractivity contribution in [3.8, 4) is 5.75 Å². The fraction of sp³-hybridized carbons (Fsp3) is 0.650. The van der Waals surface area contributed by atoms with Gasteiger partial charge in [0.1, 0.15) is 18.1 Å². The molecule has 0 aromatic heterocycles. The summed E-state index contributed by atoms with van der Waals surface area (Å²) in [6.07, 6.45) is 2.28. The van der Waals surface area contributed by atoms with Crippen LogP contribution in [0.3, 0.4) is 0 Å². The molecule has 152 valence electrons. The number of benzene rings is 1. The quantitative estimate of drug-likeness (QED) is 0.458. The van der Waals surface area contributed by atoms with E-state index in [1.165, 1.54) is 27.1 Å². The van der Waals surface area contributed by atoms with Gasteiger partial charge >= 0.3 is 13.5 Å². The lowest BCUT2D eigenvalue weighted by Gasteiger charge is -2.27. The molecular formula is C20H32NO5P. The Morgan fingerprint density at radius 2 is 1.81 bits per heavy atom. The molecule has 27 heavy (non-hydrogen) atoms. The second kappa shape index (κ2) is 9.22. The van der Waals surface area contributed by atoms with Gasteiger partial charge in [0, 0.05) is 7.11 Å². The maximum absolute atomic E-state index is 13.5. The summed E-state index contributed by atoms with van der Waals surface area (Å²) in [4.78, 5) is 11.8. The van der Waals surface area contributed by atoms with Crippen LogP contribution in [-0.2, 0) is 18.8 Å². The van der Waals surface area contributed by atoms with Crippen molar-refractivity contribution < 1.29 is 23.4 Å². The molecule has 0 aliphatic heterocycles. The molecule has 2 rings (SSSR count). The highest BCUT2D eigenvalue weighted by Gasteiger charge is 2.35. The molecule has 0 radical (unpaired) electrons. The maximum Gasteiger partial charge on any atom is 0.342 e. The SMILES string of the molecule is COCP(=O)(NC(C)C(=O)OC)Oc1c(C(C)C)cccc1C(C)C1CC1. The predicted molar refractivity (Wildman–Crippen MR) is 106 cm³/mol. The average molecular weight is 397 g/mol. The molecule has 1 aliphatic rings. The molecule has 0 amide bonds. The lowest BCUT2D eigenvalue weighted by atomic mass is 9.90. The third-order valence-electron chi connectivity index (χ3n) is 5.00. The summed E-state index contributed by atoms with van der Waals surface area (Å²) in [7, 11) is -0.722. The normalized spacial score (nSPS) is 18.6. The predicted octanol–water partition coefficient (Wildman–Crippen LogP) is 4.65. The van der Waals surface area contributed by atoms with Gasteiger partial charge in [-0.05, 0) is 48.6 Å². The van der Waals surface area contributed by atoms with Gasteiger partial charge in [0.2, 0.25) is 0 Å². The summed E-state index contributed by atoms with van der Waals surface area (Å²) >= 11 is 0. The van der Waals surface area contributed by atoms with Gasteiger partial charge in [-0.3, -0.25) is 9.36 Å². The molecule has 3 unspecified atom stereocenters. The minimum absolute atomic E-state index is 0.141. The van der Waals surface area contributed by atoms with Crippen LogP contribution in [0.5, 0.6) is 5.75 Å². The van der Waals surface area contributed by atoms with Crippen LogP contribution in [0, 0.1) is 5.92 Å². The average Bonchev–Trinajstić information content (AvgIpc) is 3.45. The first-order chi connectivity index (χ1) is 12.7. The Morgan fingerprint density at radius 1 is 1.19 bits per heavy atom. The van der Waals surface area contributed by atoms with Crippen LogP contribution in [0.4, 0.5) is 0 Å². The van der Waals surface area contributed by atoms with E-state index in [4.69, 9.17) is 14.0 Å². The molecule has 6 nitrogen and oxygen atoms in total. The van der Waals surface area contributed by atoms with E-state index < -0.39 is 19.5 Å². The number of methoxy groups -OCH3 is 2. The number of para-hydroxylation sites is 1. The van der Waals surface area contributed by atoms with Crippen molar-refractivity contribution in [1.29, 1.82) is 0 Å². The number of esters is 1. The van der Waals surface area contributed by atoms with Crippen LogP contribution in [-0.4, -0.2) is 32.6 Å². The highest BCUT2D eigenvalue weighted by atomic mass is 31.2. The molecule has 0 saturated heterocycles. The van der Waals surface area contributed by atoms with E-state index in [2.05, 4.69) is 25.9 Å². The van der Waals surface area contributed by atoms with Gasteiger partial charge in [0.25, 0.3) is 0 Å². The van der Waals surface area contributed by atoms with Gasteiger partial charge in [0.05, 0.1) is 7.11 Å². The van der Waals surface area contributed by atoms with E-state index in [9.17, 15) is 9.36 Å². The van der Waals surface area contributed by atoms with Crippen LogP contribution in [0.25, 0.3) is 0 Å². The zero-order chi connectivity index (χ0) is 20.2. The molecule has 1 saturated carbocycles. The van der Waals surface area contributed by atoms with E-state index in [1.807, 2.05) is 18.2 Å². The zero-order valence-corrected chi connectivity index (χ0v) is 18.0. The number of carbonyl (C=O) groups excluding carboxylic acids is 1. The Bertz CT molecular complexity index is 702. The first-order valence-electron chi connectivity index (χ1n) is 9.48. The summed E-state index contributed by atoms with van der Waals surface area (Å²) in [5, 5.41) is 2.80. The molecule has 1 aromatic carbocycles. The van der Waals surface area contributed by atoms with Crippen LogP contribution >= 0.6 is 7.52 Å². The van der Waals surface area contributed by atoms with Gasteiger partial charge < -0.3 is 14.0 Å². The smallest absolute Gasteiger partial charge is 0.342 e. The molecule has 0 spiro atoms. The highest BCUT2D eigenvalue weighted by Crippen LogP contribution is 2.51. The summed E-state index contributed by atoms with van der Waals surface area (Å²) in [5.74, 6) is 1.32. The second-order valence-electron chi connectivity index (χ2n) is 7.60. The van der Waals surface area contributed by atoms with Gasteiger partial charge in [-0.1, -0.05) is 39.0 Å². The van der Waals surface area contributed by atoms with Crippen molar-refractivity contribution in [2.24, 2.45) is 5.92 Å². The topological polar surface area (TPSA) is 73.9 Å². The minimum Gasteiger partial charge on any atom is -0.468 e. The highest BCUT2D eigenvalue weighted by molar-refractivity contribution is 7.57. The number of hydrogen-bond donors (Lipinski definition) is 1. The third-order valence-corrected chi connectivity index (χ3v) is 6.86. The Hall–Kier alpha value is -1.36. The molecule has 1 aliphatic carbocycles. The lowest BCUT2D eigenvalue weighted by Crippen LogP contribution is -2.35. The monoisotopic (exact) mass is 397 g/mol. The van der Waals surface area contributed by atoms with E-state index in [0.717, 1.165) is 11.1 Å². The first kappa shape index (κ1) is 21.9. The van der Waals surface area contributed by atoms with Crippen molar-refractivity contribution in [1.82, 2.24) is 5.09 Å². The summed E-state index contributed by atoms with van der Waals surface area (Å²) in [6.45, 7) is 7.95. The van der Waals surface area contributed by atoms with Gasteiger partial charge in [-0.15, -0.1) is 0 Å². The van der Waals surface area contributed by atoms with Gasteiger partial charge in [-0.2, -0.15) is 0 Å². The van der Waals surface area contributed by atoms with Gasteiger partial charge in [0.15, 0.2) is 0 Å². The molecule has 3 atom stereocenters. The Morgan fingerprint density at radius 3 is 2.33 bits per heavy atom. The molecule has 0 bridgehead atoms. The molecular weight excluding hydrogens is 365 g/mol.